The molecule has 0 saturated carbocycles. The van der Waals surface area contributed by atoms with E-state index in [1.165, 1.54) is 0 Å². The van der Waals surface area contributed by atoms with Gasteiger partial charge in [-0.1, -0.05) is 13.8 Å². The van der Waals surface area contributed by atoms with Crippen LogP contribution < -0.4 is 0 Å². The van der Waals surface area contributed by atoms with Crippen LogP contribution in [0.3, 0.4) is 0 Å². The van der Waals surface area contributed by atoms with Crippen LogP contribution in [0.5, 0.6) is 0 Å². The lowest BCUT2D eigenvalue weighted by Crippen LogP contribution is -2.02. The molecule has 0 spiro atoms. The van der Waals surface area contributed by atoms with Crippen molar-refractivity contribution in [1.82, 2.24) is 9.97 Å². The molecule has 0 radical (unpaired) electrons. The Hall–Kier alpha value is -0.960. The lowest BCUT2D eigenvalue weighted by molar-refractivity contribution is 0.276. The van der Waals surface area contributed by atoms with Gasteiger partial charge < -0.3 is 5.11 Å². The molecule has 0 aliphatic carbocycles. The minimum atomic E-state index is -0.0108. The number of hydrogen-bond acceptors (Lipinski definition) is 3. The highest BCUT2D eigenvalue weighted by Crippen LogP contribution is 2.10. The number of aryl methyl sites for hydroxylation is 1. The van der Waals surface area contributed by atoms with Gasteiger partial charge in [-0.3, -0.25) is 0 Å². The average Bonchev–Trinajstić information content (AvgIpc) is 2.03. The van der Waals surface area contributed by atoms with Crippen molar-refractivity contribution in [1.29, 1.82) is 0 Å². The van der Waals surface area contributed by atoms with Gasteiger partial charge in [-0.05, 0) is 13.0 Å². The van der Waals surface area contributed by atoms with E-state index in [2.05, 4.69) is 9.97 Å². The molecular weight excluding hydrogens is 152 g/mol. The van der Waals surface area contributed by atoms with Gasteiger partial charge >= 0.3 is 0 Å². The van der Waals surface area contributed by atoms with Gasteiger partial charge in [-0.2, -0.15) is 0 Å². The summed E-state index contributed by atoms with van der Waals surface area (Å²) in [7, 11) is 0. The van der Waals surface area contributed by atoms with Gasteiger partial charge in [0.2, 0.25) is 0 Å². The Balaban J connectivity index is 3.06. The molecule has 0 aliphatic heterocycles. The molecule has 0 amide bonds. The molecule has 0 atom stereocenters. The molecule has 0 unspecified atom stereocenters. The fourth-order valence-electron chi connectivity index (χ4n) is 0.998. The van der Waals surface area contributed by atoms with Crippen LogP contribution in [0, 0.1) is 6.92 Å². The van der Waals surface area contributed by atoms with Crippen molar-refractivity contribution in [3.8, 4) is 0 Å². The maximum Gasteiger partial charge on any atom is 0.131 e. The molecule has 0 bridgehead atoms. The van der Waals surface area contributed by atoms with E-state index >= 15 is 0 Å². The van der Waals surface area contributed by atoms with Crippen molar-refractivity contribution in [2.24, 2.45) is 0 Å². The van der Waals surface area contributed by atoms with Crippen molar-refractivity contribution in [3.63, 3.8) is 0 Å². The predicted octanol–water partition coefficient (Wildman–Crippen LogP) is 1.40. The zero-order chi connectivity index (χ0) is 9.14. The quantitative estimate of drug-likeness (QED) is 0.722. The van der Waals surface area contributed by atoms with E-state index < -0.39 is 0 Å². The Morgan fingerprint density at radius 1 is 1.42 bits per heavy atom. The third-order valence-electron chi connectivity index (χ3n) is 1.60. The second-order valence-corrected chi connectivity index (χ2v) is 3.17. The number of aliphatic hydroxyl groups excluding tert-OH is 1. The lowest BCUT2D eigenvalue weighted by atomic mass is 10.2. The smallest absolute Gasteiger partial charge is 0.131 e. The molecule has 66 valence electrons. The topological polar surface area (TPSA) is 46.0 Å². The van der Waals surface area contributed by atoms with Gasteiger partial charge in [0.25, 0.3) is 0 Å². The first kappa shape index (κ1) is 9.13. The van der Waals surface area contributed by atoms with E-state index in [-0.39, 0.29) is 6.61 Å². The summed E-state index contributed by atoms with van der Waals surface area (Å²) in [6, 6.07) is 1.80. The maximum atomic E-state index is 8.88. The lowest BCUT2D eigenvalue weighted by Gasteiger charge is -2.05. The van der Waals surface area contributed by atoms with Crippen molar-refractivity contribution < 1.29 is 5.11 Å². The molecule has 1 heterocycles. The molecule has 0 aromatic carbocycles. The van der Waals surface area contributed by atoms with Gasteiger partial charge in [-0.15, -0.1) is 0 Å². The Morgan fingerprint density at radius 3 is 2.58 bits per heavy atom. The average molecular weight is 166 g/mol. The molecular formula is C9H14N2O. The van der Waals surface area contributed by atoms with Crippen LogP contribution in [0.2, 0.25) is 0 Å². The minimum absolute atomic E-state index is 0.0108. The van der Waals surface area contributed by atoms with Crippen LogP contribution in [-0.2, 0) is 6.61 Å². The second-order valence-electron chi connectivity index (χ2n) is 3.17. The highest BCUT2D eigenvalue weighted by molar-refractivity contribution is 5.10. The summed E-state index contributed by atoms with van der Waals surface area (Å²) < 4.78 is 0. The first-order valence-corrected chi connectivity index (χ1v) is 4.08. The Labute approximate surface area is 72.5 Å². The first-order valence-electron chi connectivity index (χ1n) is 4.08. The third kappa shape index (κ3) is 2.01. The third-order valence-corrected chi connectivity index (χ3v) is 1.60. The number of aliphatic hydroxyl groups is 1. The van der Waals surface area contributed by atoms with Crippen molar-refractivity contribution in [2.45, 2.75) is 33.3 Å². The Morgan fingerprint density at radius 2 is 2.08 bits per heavy atom. The molecule has 1 aromatic rings. The number of rotatable bonds is 2. The van der Waals surface area contributed by atoms with Crippen LogP contribution in [0.4, 0.5) is 0 Å². The highest BCUT2D eigenvalue weighted by atomic mass is 16.3. The van der Waals surface area contributed by atoms with Crippen LogP contribution in [-0.4, -0.2) is 15.1 Å². The van der Waals surface area contributed by atoms with E-state index in [9.17, 15) is 0 Å². The fourth-order valence-corrected chi connectivity index (χ4v) is 0.998. The van der Waals surface area contributed by atoms with Gasteiger partial charge in [0.05, 0.1) is 12.3 Å². The zero-order valence-electron chi connectivity index (χ0n) is 7.70. The van der Waals surface area contributed by atoms with Gasteiger partial charge in [0.15, 0.2) is 0 Å². The van der Waals surface area contributed by atoms with Crippen molar-refractivity contribution in [2.75, 3.05) is 0 Å². The summed E-state index contributed by atoms with van der Waals surface area (Å²) in [5.41, 5.74) is 1.61. The monoisotopic (exact) mass is 166 g/mol. The predicted molar refractivity (Wildman–Crippen MR) is 46.8 cm³/mol. The minimum Gasteiger partial charge on any atom is -0.390 e. The molecule has 0 saturated heterocycles. The summed E-state index contributed by atoms with van der Waals surface area (Å²) in [5.74, 6) is 1.12. The van der Waals surface area contributed by atoms with Crippen LogP contribution in [0.15, 0.2) is 6.07 Å². The van der Waals surface area contributed by atoms with E-state index in [0.717, 1.165) is 11.5 Å². The van der Waals surface area contributed by atoms with Gasteiger partial charge in [-0.25, -0.2) is 9.97 Å². The first-order chi connectivity index (χ1) is 5.63. The van der Waals surface area contributed by atoms with E-state index in [0.29, 0.717) is 11.6 Å². The Kier molecular flexibility index (Phi) is 2.76. The highest BCUT2D eigenvalue weighted by Gasteiger charge is 2.04. The maximum absolute atomic E-state index is 8.88. The van der Waals surface area contributed by atoms with Gasteiger partial charge in [0, 0.05) is 11.6 Å². The molecule has 3 nitrogen and oxygen atoms in total. The van der Waals surface area contributed by atoms with E-state index in [1.54, 1.807) is 6.07 Å². The molecule has 3 heteroatoms. The van der Waals surface area contributed by atoms with Crippen LogP contribution in [0.1, 0.15) is 37.0 Å². The largest absolute Gasteiger partial charge is 0.390 e. The molecule has 1 aromatic heterocycles. The number of hydrogen-bond donors (Lipinski definition) is 1. The summed E-state index contributed by atoms with van der Waals surface area (Å²) in [6.07, 6.45) is 0. The van der Waals surface area contributed by atoms with Crippen molar-refractivity contribution >= 4 is 0 Å². The standard InChI is InChI=1S/C9H14N2O/c1-6(2)9-10-7(3)4-8(5-12)11-9/h4,6,12H,5H2,1-3H3. The Bertz CT molecular complexity index is 271. The SMILES string of the molecule is Cc1cc(CO)nc(C(C)C)n1. The van der Waals surface area contributed by atoms with E-state index in [4.69, 9.17) is 5.11 Å². The second kappa shape index (κ2) is 3.63. The number of aromatic nitrogens is 2. The van der Waals surface area contributed by atoms with Crippen molar-refractivity contribution in [3.05, 3.63) is 23.3 Å². The number of nitrogens with zero attached hydrogens (tertiary/aromatic N) is 2. The summed E-state index contributed by atoms with van der Waals surface area (Å²) >= 11 is 0. The normalized spacial score (nSPS) is 10.8. The summed E-state index contributed by atoms with van der Waals surface area (Å²) in [6.45, 7) is 5.97. The summed E-state index contributed by atoms with van der Waals surface area (Å²) in [5, 5.41) is 8.88. The molecule has 0 fully saturated rings. The molecule has 0 aliphatic rings. The van der Waals surface area contributed by atoms with Crippen LogP contribution >= 0.6 is 0 Å². The molecule has 1 N–H and O–H groups in total. The zero-order valence-corrected chi connectivity index (χ0v) is 7.70. The van der Waals surface area contributed by atoms with Gasteiger partial charge in [0.1, 0.15) is 5.82 Å². The van der Waals surface area contributed by atoms with Crippen LogP contribution in [0.25, 0.3) is 0 Å². The summed E-state index contributed by atoms with van der Waals surface area (Å²) in [4.78, 5) is 8.45. The molecule has 12 heavy (non-hydrogen) atoms. The fraction of sp³-hybridized carbons (Fsp3) is 0.556. The van der Waals surface area contributed by atoms with E-state index in [1.807, 2.05) is 20.8 Å². The molecule has 1 rings (SSSR count).